The number of rotatable bonds is 3. The minimum Gasteiger partial charge on any atom is -0.301 e. The molecule has 1 saturated heterocycles. The number of nitrogens with zero attached hydrogens (tertiary/aromatic N) is 4. The predicted molar refractivity (Wildman–Crippen MR) is 105 cm³/mol. The minimum absolute atomic E-state index is 0.0921. The molecule has 0 radical (unpaired) electrons. The van der Waals surface area contributed by atoms with Gasteiger partial charge in [-0.05, 0) is 35.0 Å². The van der Waals surface area contributed by atoms with E-state index in [2.05, 4.69) is 34.3 Å². The quantitative estimate of drug-likeness (QED) is 0.400. The van der Waals surface area contributed by atoms with E-state index in [1.54, 1.807) is 15.9 Å². The molecule has 0 N–H and O–H groups in total. The lowest BCUT2D eigenvalue weighted by Crippen LogP contribution is -2.56. The Morgan fingerprint density at radius 2 is 1.63 bits per heavy atom. The van der Waals surface area contributed by atoms with Gasteiger partial charge < -0.3 is 4.90 Å². The number of carbonyl (C=O) groups excluding carboxylic acids is 1. The van der Waals surface area contributed by atoms with Gasteiger partial charge in [0.1, 0.15) is 18.0 Å². The second kappa shape index (κ2) is 6.21. The van der Waals surface area contributed by atoms with Gasteiger partial charge in [-0.1, -0.05) is 42.5 Å². The Balaban J connectivity index is 1.71. The molecule has 3 aromatic carbocycles. The highest BCUT2D eigenvalue weighted by atomic mass is 35.5. The highest BCUT2D eigenvalue weighted by molar-refractivity contribution is 6.37. The summed E-state index contributed by atoms with van der Waals surface area (Å²) < 4.78 is 1.72. The molecule has 1 aliphatic heterocycles. The summed E-state index contributed by atoms with van der Waals surface area (Å²) >= 11 is 6.49. The summed E-state index contributed by atoms with van der Waals surface area (Å²) in [6.45, 7) is 0. The lowest BCUT2D eigenvalue weighted by Gasteiger charge is -2.45. The lowest BCUT2D eigenvalue weighted by atomic mass is 9.89. The zero-order valence-corrected chi connectivity index (χ0v) is 15.0. The number of alkyl halides is 1. The average molecular weight is 375 g/mol. The van der Waals surface area contributed by atoms with E-state index in [0.717, 1.165) is 27.7 Å². The van der Waals surface area contributed by atoms with Crippen molar-refractivity contribution in [1.29, 1.82) is 0 Å². The zero-order chi connectivity index (χ0) is 18.4. The summed E-state index contributed by atoms with van der Waals surface area (Å²) in [6.07, 6.45) is 3.15. The molecule has 1 fully saturated rings. The summed E-state index contributed by atoms with van der Waals surface area (Å²) in [5, 5.41) is 5.86. The van der Waals surface area contributed by atoms with E-state index in [0.29, 0.717) is 0 Å². The van der Waals surface area contributed by atoms with Crippen molar-refractivity contribution < 1.29 is 4.79 Å². The first-order valence-corrected chi connectivity index (χ1v) is 9.07. The molecular formula is C21H15ClN4O. The molecule has 2 atom stereocenters. The van der Waals surface area contributed by atoms with Crippen molar-refractivity contribution in [2.45, 2.75) is 11.4 Å². The number of fused-ring (bicyclic) bond motifs is 1. The smallest absolute Gasteiger partial charge is 0.248 e. The molecule has 5 rings (SSSR count). The van der Waals surface area contributed by atoms with Crippen LogP contribution < -0.4 is 4.90 Å². The Hall–Kier alpha value is -3.18. The van der Waals surface area contributed by atoms with Crippen LogP contribution in [-0.2, 0) is 4.79 Å². The third-order valence-electron chi connectivity index (χ3n) is 4.94. The van der Waals surface area contributed by atoms with Gasteiger partial charge in [0.25, 0.3) is 0 Å². The molecule has 0 saturated carbocycles. The summed E-state index contributed by atoms with van der Waals surface area (Å²) in [6, 6.07) is 21.6. The van der Waals surface area contributed by atoms with E-state index in [4.69, 9.17) is 11.6 Å². The normalized spacial score (nSPS) is 19.3. The number of benzene rings is 3. The Labute approximate surface area is 160 Å². The topological polar surface area (TPSA) is 51.0 Å². The molecule has 27 heavy (non-hydrogen) atoms. The molecule has 1 aliphatic rings. The van der Waals surface area contributed by atoms with Gasteiger partial charge in [-0.15, -0.1) is 11.6 Å². The molecule has 1 aromatic heterocycles. The van der Waals surface area contributed by atoms with Crippen molar-refractivity contribution in [1.82, 2.24) is 14.8 Å². The number of aromatic nitrogens is 3. The van der Waals surface area contributed by atoms with Crippen molar-refractivity contribution in [2.75, 3.05) is 4.90 Å². The average Bonchev–Trinajstić information content (AvgIpc) is 3.25. The highest BCUT2D eigenvalue weighted by Gasteiger charge is 2.49. The molecule has 0 bridgehead atoms. The Morgan fingerprint density at radius 3 is 2.33 bits per heavy atom. The number of anilines is 1. The number of β-lactam (4-membered cyclic amide) rings is 1. The molecule has 0 spiro atoms. The van der Waals surface area contributed by atoms with Crippen LogP contribution in [0.3, 0.4) is 0 Å². The largest absolute Gasteiger partial charge is 0.301 e. The van der Waals surface area contributed by atoms with Crippen molar-refractivity contribution in [3.05, 3.63) is 84.9 Å². The molecule has 0 aliphatic carbocycles. The van der Waals surface area contributed by atoms with E-state index in [1.807, 2.05) is 42.5 Å². The number of para-hydroxylation sites is 1. The van der Waals surface area contributed by atoms with Crippen LogP contribution in [0.2, 0.25) is 0 Å². The molecule has 132 valence electrons. The Kier molecular flexibility index (Phi) is 3.69. The first kappa shape index (κ1) is 16.0. The van der Waals surface area contributed by atoms with Crippen LogP contribution in [0, 0.1) is 0 Å². The van der Waals surface area contributed by atoms with Crippen LogP contribution in [0.15, 0.2) is 79.4 Å². The highest BCUT2D eigenvalue weighted by Crippen LogP contribution is 2.44. The predicted octanol–water partition coefficient (Wildman–Crippen LogP) is 4.12. The van der Waals surface area contributed by atoms with E-state index in [-0.39, 0.29) is 11.9 Å². The summed E-state index contributed by atoms with van der Waals surface area (Å²) in [5.74, 6) is -0.0921. The van der Waals surface area contributed by atoms with Gasteiger partial charge in [-0.2, -0.15) is 5.10 Å². The van der Waals surface area contributed by atoms with Gasteiger partial charge in [0.2, 0.25) is 5.91 Å². The lowest BCUT2D eigenvalue weighted by molar-refractivity contribution is -0.123. The van der Waals surface area contributed by atoms with Gasteiger partial charge in [0.15, 0.2) is 0 Å². The first-order chi connectivity index (χ1) is 13.2. The molecule has 4 aromatic rings. The van der Waals surface area contributed by atoms with Crippen LogP contribution >= 0.6 is 11.6 Å². The molecule has 6 heteroatoms. The van der Waals surface area contributed by atoms with E-state index in [1.165, 1.54) is 6.33 Å². The monoisotopic (exact) mass is 374 g/mol. The van der Waals surface area contributed by atoms with Gasteiger partial charge in [-0.3, -0.25) is 4.79 Å². The van der Waals surface area contributed by atoms with E-state index in [9.17, 15) is 4.79 Å². The van der Waals surface area contributed by atoms with Crippen molar-refractivity contribution in [2.24, 2.45) is 0 Å². The summed E-state index contributed by atoms with van der Waals surface area (Å²) in [7, 11) is 0. The second-order valence-electron chi connectivity index (χ2n) is 6.49. The minimum atomic E-state index is -0.617. The maximum atomic E-state index is 12.6. The Bertz CT molecular complexity index is 1130. The number of hydrogen-bond donors (Lipinski definition) is 0. The standard InChI is InChI=1S/C21H15ClN4O/c22-19-20(26(21(19)27)16-8-2-1-3-9-16)17-10-14-6-4-5-7-15(14)11-18(17)25-13-23-12-24-25/h1-13,19-20H/t19-,20-/m1/s1. The van der Waals surface area contributed by atoms with Crippen LogP contribution in [-0.4, -0.2) is 26.0 Å². The van der Waals surface area contributed by atoms with Crippen molar-refractivity contribution in [3.8, 4) is 5.69 Å². The first-order valence-electron chi connectivity index (χ1n) is 8.64. The van der Waals surface area contributed by atoms with Crippen LogP contribution in [0.25, 0.3) is 16.5 Å². The molecular weight excluding hydrogens is 360 g/mol. The fourth-order valence-electron chi connectivity index (χ4n) is 3.64. The van der Waals surface area contributed by atoms with Gasteiger partial charge >= 0.3 is 0 Å². The fourth-order valence-corrected chi connectivity index (χ4v) is 3.99. The number of amides is 1. The fraction of sp³-hybridized carbons (Fsp3) is 0.0952. The SMILES string of the molecule is O=C1[C@H](Cl)[C@@H](c2cc3ccccc3cc2-n2cncn2)N1c1ccccc1. The van der Waals surface area contributed by atoms with Gasteiger partial charge in [0.05, 0.1) is 11.7 Å². The maximum absolute atomic E-state index is 12.6. The third kappa shape index (κ3) is 2.51. The molecule has 0 unspecified atom stereocenters. The van der Waals surface area contributed by atoms with E-state index < -0.39 is 5.38 Å². The summed E-state index contributed by atoms with van der Waals surface area (Å²) in [5.41, 5.74) is 2.65. The molecule has 2 heterocycles. The van der Waals surface area contributed by atoms with Crippen LogP contribution in [0.5, 0.6) is 0 Å². The third-order valence-corrected chi connectivity index (χ3v) is 5.37. The number of carbonyl (C=O) groups is 1. The number of hydrogen-bond acceptors (Lipinski definition) is 3. The Morgan fingerprint density at radius 1 is 0.926 bits per heavy atom. The van der Waals surface area contributed by atoms with Crippen molar-refractivity contribution in [3.63, 3.8) is 0 Å². The van der Waals surface area contributed by atoms with Gasteiger partial charge in [0, 0.05) is 11.3 Å². The second-order valence-corrected chi connectivity index (χ2v) is 6.96. The van der Waals surface area contributed by atoms with Crippen molar-refractivity contribution >= 4 is 34.0 Å². The van der Waals surface area contributed by atoms with E-state index >= 15 is 0 Å². The molecule has 5 nitrogen and oxygen atoms in total. The summed E-state index contributed by atoms with van der Waals surface area (Å²) in [4.78, 5) is 18.4. The van der Waals surface area contributed by atoms with Crippen LogP contribution in [0.4, 0.5) is 5.69 Å². The maximum Gasteiger partial charge on any atom is 0.248 e. The zero-order valence-electron chi connectivity index (χ0n) is 14.2. The van der Waals surface area contributed by atoms with Gasteiger partial charge in [-0.25, -0.2) is 9.67 Å². The molecule has 1 amide bonds. The van der Waals surface area contributed by atoms with Crippen LogP contribution in [0.1, 0.15) is 11.6 Å². The number of halogens is 1.